The van der Waals surface area contributed by atoms with Crippen LogP contribution in [0.3, 0.4) is 0 Å². The SMILES string of the molecule is N#CCOc1ccc(Cl)c(F)c1. The summed E-state index contributed by atoms with van der Waals surface area (Å²) in [7, 11) is 0. The smallest absolute Gasteiger partial charge is 0.174 e. The summed E-state index contributed by atoms with van der Waals surface area (Å²) >= 11 is 5.42. The molecule has 0 heterocycles. The highest BCUT2D eigenvalue weighted by Crippen LogP contribution is 2.19. The van der Waals surface area contributed by atoms with Gasteiger partial charge in [0.1, 0.15) is 17.6 Å². The van der Waals surface area contributed by atoms with E-state index in [1.54, 1.807) is 6.07 Å². The number of nitrogens with zero attached hydrogens (tertiary/aromatic N) is 1. The summed E-state index contributed by atoms with van der Waals surface area (Å²) in [6.07, 6.45) is 0. The lowest BCUT2D eigenvalue weighted by Crippen LogP contribution is -1.93. The number of benzene rings is 1. The van der Waals surface area contributed by atoms with E-state index in [0.29, 0.717) is 5.75 Å². The summed E-state index contributed by atoms with van der Waals surface area (Å²) in [5, 5.41) is 8.20. The van der Waals surface area contributed by atoms with Gasteiger partial charge in [0.05, 0.1) is 5.02 Å². The molecule has 0 unspecified atom stereocenters. The van der Waals surface area contributed by atoms with Gasteiger partial charge in [-0.2, -0.15) is 5.26 Å². The molecule has 0 aliphatic rings. The van der Waals surface area contributed by atoms with E-state index >= 15 is 0 Å². The molecular formula is C8H5ClFNO. The van der Waals surface area contributed by atoms with E-state index in [1.807, 2.05) is 0 Å². The molecule has 0 saturated heterocycles. The maximum atomic E-state index is 12.7. The zero-order valence-electron chi connectivity index (χ0n) is 6.05. The van der Waals surface area contributed by atoms with Crippen LogP contribution in [-0.4, -0.2) is 6.61 Å². The molecule has 62 valence electrons. The molecule has 0 aliphatic carbocycles. The third kappa shape index (κ3) is 2.11. The number of hydrogen-bond donors (Lipinski definition) is 0. The first-order valence-corrected chi connectivity index (χ1v) is 3.56. The monoisotopic (exact) mass is 185 g/mol. The van der Waals surface area contributed by atoms with Crippen LogP contribution in [0.5, 0.6) is 5.75 Å². The van der Waals surface area contributed by atoms with Crippen LogP contribution in [0.2, 0.25) is 5.02 Å². The van der Waals surface area contributed by atoms with Crippen molar-refractivity contribution < 1.29 is 9.13 Å². The van der Waals surface area contributed by atoms with Gasteiger partial charge in [0.2, 0.25) is 0 Å². The molecule has 2 nitrogen and oxygen atoms in total. The molecule has 12 heavy (non-hydrogen) atoms. The molecule has 4 heteroatoms. The summed E-state index contributed by atoms with van der Waals surface area (Å²) in [6, 6.07) is 5.79. The predicted molar refractivity (Wildman–Crippen MR) is 42.5 cm³/mol. The summed E-state index contributed by atoms with van der Waals surface area (Å²) in [4.78, 5) is 0. The molecule has 0 fully saturated rings. The lowest BCUT2D eigenvalue weighted by atomic mass is 10.3. The third-order valence-electron chi connectivity index (χ3n) is 1.19. The van der Waals surface area contributed by atoms with Crippen LogP contribution in [0, 0.1) is 17.1 Å². The first kappa shape index (κ1) is 8.82. The Bertz CT molecular complexity index is 321. The summed E-state index contributed by atoms with van der Waals surface area (Å²) in [6.45, 7) is -0.0962. The Balaban J connectivity index is 2.77. The van der Waals surface area contributed by atoms with E-state index in [4.69, 9.17) is 21.6 Å². The van der Waals surface area contributed by atoms with Crippen molar-refractivity contribution in [3.05, 3.63) is 29.0 Å². The molecule has 0 amide bonds. The van der Waals surface area contributed by atoms with E-state index in [-0.39, 0.29) is 11.6 Å². The molecule has 0 bridgehead atoms. The minimum absolute atomic E-state index is 0.0410. The fourth-order valence-corrected chi connectivity index (χ4v) is 0.800. The maximum absolute atomic E-state index is 12.7. The lowest BCUT2D eigenvalue weighted by Gasteiger charge is -2.00. The van der Waals surface area contributed by atoms with Gasteiger partial charge < -0.3 is 4.74 Å². The van der Waals surface area contributed by atoms with Gasteiger partial charge in [-0.1, -0.05) is 11.6 Å². The second kappa shape index (κ2) is 3.93. The molecule has 1 aromatic carbocycles. The molecule has 0 N–H and O–H groups in total. The number of hydrogen-bond acceptors (Lipinski definition) is 2. The van der Waals surface area contributed by atoms with Crippen LogP contribution in [0.25, 0.3) is 0 Å². The van der Waals surface area contributed by atoms with E-state index in [1.165, 1.54) is 12.1 Å². The second-order valence-electron chi connectivity index (χ2n) is 2.02. The van der Waals surface area contributed by atoms with Crippen LogP contribution < -0.4 is 4.74 Å². The topological polar surface area (TPSA) is 33.0 Å². The standard InChI is InChI=1S/C8H5ClFNO/c9-7-2-1-6(5-8(7)10)12-4-3-11/h1-2,5H,4H2. The Kier molecular flexibility index (Phi) is 2.89. The Morgan fingerprint density at radius 2 is 2.33 bits per heavy atom. The van der Waals surface area contributed by atoms with Crippen molar-refractivity contribution in [1.82, 2.24) is 0 Å². The predicted octanol–water partition coefficient (Wildman–Crippen LogP) is 2.38. The summed E-state index contributed by atoms with van der Waals surface area (Å²) < 4.78 is 17.5. The van der Waals surface area contributed by atoms with Gasteiger partial charge in [-0.25, -0.2) is 4.39 Å². The Morgan fingerprint density at radius 3 is 2.92 bits per heavy atom. The zero-order chi connectivity index (χ0) is 8.97. The maximum Gasteiger partial charge on any atom is 0.174 e. The van der Waals surface area contributed by atoms with Crippen LogP contribution in [-0.2, 0) is 0 Å². The molecule has 0 saturated carbocycles. The van der Waals surface area contributed by atoms with Gasteiger partial charge in [-0.3, -0.25) is 0 Å². The van der Waals surface area contributed by atoms with Crippen LogP contribution in [0.1, 0.15) is 0 Å². The van der Waals surface area contributed by atoms with Crippen molar-refractivity contribution in [3.63, 3.8) is 0 Å². The second-order valence-corrected chi connectivity index (χ2v) is 2.43. The van der Waals surface area contributed by atoms with Crippen LogP contribution in [0.4, 0.5) is 4.39 Å². The fourth-order valence-electron chi connectivity index (χ4n) is 0.682. The Hall–Kier alpha value is -1.27. The number of ether oxygens (including phenoxy) is 1. The van der Waals surface area contributed by atoms with Crippen molar-refractivity contribution in [2.24, 2.45) is 0 Å². The Morgan fingerprint density at radius 1 is 1.58 bits per heavy atom. The van der Waals surface area contributed by atoms with Crippen LogP contribution in [0.15, 0.2) is 18.2 Å². The van der Waals surface area contributed by atoms with Crippen LogP contribution >= 0.6 is 11.6 Å². The highest BCUT2D eigenvalue weighted by atomic mass is 35.5. The van der Waals surface area contributed by atoms with Crippen molar-refractivity contribution in [1.29, 1.82) is 5.26 Å². The first-order valence-electron chi connectivity index (χ1n) is 3.19. The molecule has 1 aromatic rings. The average molecular weight is 186 g/mol. The van der Waals surface area contributed by atoms with Gasteiger partial charge in [0.15, 0.2) is 6.61 Å². The fraction of sp³-hybridized carbons (Fsp3) is 0.125. The number of rotatable bonds is 2. The van der Waals surface area contributed by atoms with Gasteiger partial charge in [-0.05, 0) is 12.1 Å². The van der Waals surface area contributed by atoms with Gasteiger partial charge in [0.25, 0.3) is 0 Å². The van der Waals surface area contributed by atoms with Gasteiger partial charge >= 0.3 is 0 Å². The molecule has 1 rings (SSSR count). The number of nitriles is 1. The van der Waals surface area contributed by atoms with E-state index in [2.05, 4.69) is 0 Å². The summed E-state index contributed by atoms with van der Waals surface area (Å²) in [5.41, 5.74) is 0. The van der Waals surface area contributed by atoms with Crippen molar-refractivity contribution >= 4 is 11.6 Å². The van der Waals surface area contributed by atoms with Crippen molar-refractivity contribution in [2.45, 2.75) is 0 Å². The highest BCUT2D eigenvalue weighted by Gasteiger charge is 2.00. The molecular weight excluding hydrogens is 181 g/mol. The summed E-state index contributed by atoms with van der Waals surface area (Å²) in [5.74, 6) is -0.245. The molecule has 0 radical (unpaired) electrons. The highest BCUT2D eigenvalue weighted by molar-refractivity contribution is 6.30. The van der Waals surface area contributed by atoms with Gasteiger partial charge in [-0.15, -0.1) is 0 Å². The normalized spacial score (nSPS) is 9.08. The average Bonchev–Trinajstić information content (AvgIpc) is 2.07. The van der Waals surface area contributed by atoms with E-state index in [0.717, 1.165) is 6.07 Å². The largest absolute Gasteiger partial charge is 0.479 e. The first-order chi connectivity index (χ1) is 5.74. The Labute approximate surface area is 74.1 Å². The minimum atomic E-state index is -0.549. The molecule has 0 atom stereocenters. The van der Waals surface area contributed by atoms with Crippen molar-refractivity contribution in [2.75, 3.05) is 6.61 Å². The molecule has 0 aliphatic heterocycles. The minimum Gasteiger partial charge on any atom is -0.479 e. The lowest BCUT2D eigenvalue weighted by molar-refractivity contribution is 0.366. The molecule has 0 aromatic heterocycles. The van der Waals surface area contributed by atoms with Gasteiger partial charge in [0, 0.05) is 6.07 Å². The number of halogens is 2. The van der Waals surface area contributed by atoms with E-state index < -0.39 is 5.82 Å². The third-order valence-corrected chi connectivity index (χ3v) is 1.50. The molecule has 0 spiro atoms. The van der Waals surface area contributed by atoms with Crippen molar-refractivity contribution in [3.8, 4) is 11.8 Å². The quantitative estimate of drug-likeness (QED) is 0.709. The van der Waals surface area contributed by atoms with E-state index in [9.17, 15) is 4.39 Å². The zero-order valence-corrected chi connectivity index (χ0v) is 6.81.